The smallest absolute Gasteiger partial charge is 0.171 e. The molecular weight excluding hydrogens is 280 g/mol. The van der Waals surface area contributed by atoms with Crippen molar-refractivity contribution in [1.82, 2.24) is 15.2 Å². The topological polar surface area (TPSA) is 86.0 Å². The standard InChI is InChI=1S/C16H22N4O2/c1-3-21-12-8-7-11(9-13(12)22-4-2)14(17)16-18-15(19-20-16)10-5-6-10/h7-10,14H,3-6,17H2,1-2H3,(H,18,19,20)/t14-/m0/s1. The van der Waals surface area contributed by atoms with Gasteiger partial charge in [-0.1, -0.05) is 6.07 Å². The predicted octanol–water partition coefficient (Wildman–Crippen LogP) is 2.53. The zero-order chi connectivity index (χ0) is 15.5. The highest BCUT2D eigenvalue weighted by Gasteiger charge is 2.28. The Kier molecular flexibility index (Phi) is 4.29. The Morgan fingerprint density at radius 3 is 2.64 bits per heavy atom. The van der Waals surface area contributed by atoms with Gasteiger partial charge in [-0.3, -0.25) is 5.10 Å². The van der Waals surface area contributed by atoms with E-state index in [9.17, 15) is 0 Å². The lowest BCUT2D eigenvalue weighted by Gasteiger charge is -2.14. The Morgan fingerprint density at radius 1 is 1.23 bits per heavy atom. The molecule has 6 heteroatoms. The molecule has 0 aliphatic heterocycles. The Hall–Kier alpha value is -2.08. The Bertz CT molecular complexity index is 637. The van der Waals surface area contributed by atoms with E-state index in [-0.39, 0.29) is 6.04 Å². The monoisotopic (exact) mass is 302 g/mol. The van der Waals surface area contributed by atoms with Crippen LogP contribution in [0, 0.1) is 0 Å². The van der Waals surface area contributed by atoms with Gasteiger partial charge in [-0.2, -0.15) is 5.10 Å². The average molecular weight is 302 g/mol. The molecule has 1 saturated carbocycles. The molecule has 0 radical (unpaired) electrons. The quantitative estimate of drug-likeness (QED) is 0.820. The van der Waals surface area contributed by atoms with Crippen LogP contribution in [0.2, 0.25) is 0 Å². The normalized spacial score (nSPS) is 15.6. The molecule has 1 aliphatic rings. The molecule has 0 unspecified atom stereocenters. The molecule has 1 heterocycles. The van der Waals surface area contributed by atoms with E-state index in [1.165, 1.54) is 12.8 Å². The SMILES string of the molecule is CCOc1ccc([C@H](N)c2n[nH]c(C3CC3)n2)cc1OCC. The number of nitrogens with two attached hydrogens (primary N) is 1. The van der Waals surface area contributed by atoms with E-state index < -0.39 is 0 Å². The molecule has 0 saturated heterocycles. The molecule has 6 nitrogen and oxygen atoms in total. The number of aromatic amines is 1. The fraction of sp³-hybridized carbons (Fsp3) is 0.500. The van der Waals surface area contributed by atoms with Crippen molar-refractivity contribution in [1.29, 1.82) is 0 Å². The van der Waals surface area contributed by atoms with Gasteiger partial charge in [0.1, 0.15) is 5.82 Å². The fourth-order valence-electron chi connectivity index (χ4n) is 2.38. The molecule has 0 bridgehead atoms. The van der Waals surface area contributed by atoms with E-state index >= 15 is 0 Å². The summed E-state index contributed by atoms with van der Waals surface area (Å²) in [5.74, 6) is 3.53. The molecule has 2 aromatic rings. The van der Waals surface area contributed by atoms with Gasteiger partial charge in [0.15, 0.2) is 17.3 Å². The number of hydrogen-bond acceptors (Lipinski definition) is 5. The molecule has 1 aromatic carbocycles. The molecule has 1 atom stereocenters. The summed E-state index contributed by atoms with van der Waals surface area (Å²) in [5.41, 5.74) is 7.21. The first kappa shape index (κ1) is 14.8. The highest BCUT2D eigenvalue weighted by molar-refractivity contribution is 5.44. The van der Waals surface area contributed by atoms with Crippen LogP contribution in [0.15, 0.2) is 18.2 Å². The summed E-state index contributed by atoms with van der Waals surface area (Å²) >= 11 is 0. The van der Waals surface area contributed by atoms with Crippen LogP contribution in [0.3, 0.4) is 0 Å². The number of rotatable bonds is 7. The summed E-state index contributed by atoms with van der Waals surface area (Å²) in [6.45, 7) is 5.06. The van der Waals surface area contributed by atoms with Crippen LogP contribution in [0.5, 0.6) is 11.5 Å². The summed E-state index contributed by atoms with van der Waals surface area (Å²) in [5, 5.41) is 7.25. The Balaban J connectivity index is 1.83. The van der Waals surface area contributed by atoms with E-state index in [0.29, 0.717) is 30.7 Å². The number of aromatic nitrogens is 3. The van der Waals surface area contributed by atoms with Crippen LogP contribution < -0.4 is 15.2 Å². The van der Waals surface area contributed by atoms with Crippen molar-refractivity contribution < 1.29 is 9.47 Å². The molecule has 22 heavy (non-hydrogen) atoms. The van der Waals surface area contributed by atoms with Crippen LogP contribution >= 0.6 is 0 Å². The highest BCUT2D eigenvalue weighted by atomic mass is 16.5. The number of benzene rings is 1. The molecule has 1 aromatic heterocycles. The molecule has 0 amide bonds. The largest absolute Gasteiger partial charge is 0.490 e. The minimum absolute atomic E-state index is 0.376. The zero-order valence-corrected chi connectivity index (χ0v) is 13.0. The number of nitrogens with zero attached hydrogens (tertiary/aromatic N) is 2. The third kappa shape index (κ3) is 3.06. The van der Waals surface area contributed by atoms with Gasteiger partial charge in [-0.15, -0.1) is 0 Å². The molecule has 3 N–H and O–H groups in total. The van der Waals surface area contributed by atoms with Gasteiger partial charge in [0, 0.05) is 5.92 Å². The molecule has 118 valence electrons. The highest BCUT2D eigenvalue weighted by Crippen LogP contribution is 2.38. The molecule has 1 fully saturated rings. The van der Waals surface area contributed by atoms with Crippen LogP contribution in [-0.4, -0.2) is 28.4 Å². The molecule has 3 rings (SSSR count). The van der Waals surface area contributed by atoms with E-state index in [1.807, 2.05) is 32.0 Å². The summed E-state index contributed by atoms with van der Waals surface area (Å²) in [7, 11) is 0. The third-order valence-corrected chi connectivity index (χ3v) is 3.69. The van der Waals surface area contributed by atoms with Crippen LogP contribution in [0.1, 0.15) is 55.9 Å². The van der Waals surface area contributed by atoms with Crippen molar-refractivity contribution in [2.75, 3.05) is 13.2 Å². The second-order valence-electron chi connectivity index (χ2n) is 5.40. The molecule has 1 aliphatic carbocycles. The summed E-state index contributed by atoms with van der Waals surface area (Å²) in [6.07, 6.45) is 2.36. The summed E-state index contributed by atoms with van der Waals surface area (Å²) in [4.78, 5) is 4.52. The van der Waals surface area contributed by atoms with Crippen molar-refractivity contribution in [2.24, 2.45) is 5.73 Å². The van der Waals surface area contributed by atoms with Crippen molar-refractivity contribution in [2.45, 2.75) is 38.6 Å². The summed E-state index contributed by atoms with van der Waals surface area (Å²) in [6, 6.07) is 5.36. The van der Waals surface area contributed by atoms with Crippen LogP contribution in [0.4, 0.5) is 0 Å². The van der Waals surface area contributed by atoms with E-state index in [0.717, 1.165) is 17.1 Å². The Morgan fingerprint density at radius 2 is 1.95 bits per heavy atom. The van der Waals surface area contributed by atoms with E-state index in [2.05, 4.69) is 15.2 Å². The fourth-order valence-corrected chi connectivity index (χ4v) is 2.38. The zero-order valence-electron chi connectivity index (χ0n) is 13.0. The van der Waals surface area contributed by atoms with E-state index in [1.54, 1.807) is 0 Å². The minimum Gasteiger partial charge on any atom is -0.490 e. The minimum atomic E-state index is -0.376. The van der Waals surface area contributed by atoms with Crippen LogP contribution in [0.25, 0.3) is 0 Å². The average Bonchev–Trinajstić information content (AvgIpc) is 3.26. The van der Waals surface area contributed by atoms with Gasteiger partial charge in [-0.05, 0) is 44.4 Å². The number of ether oxygens (including phenoxy) is 2. The second-order valence-corrected chi connectivity index (χ2v) is 5.40. The van der Waals surface area contributed by atoms with Gasteiger partial charge in [0.2, 0.25) is 0 Å². The molecular formula is C16H22N4O2. The van der Waals surface area contributed by atoms with Crippen molar-refractivity contribution >= 4 is 0 Å². The maximum absolute atomic E-state index is 6.30. The van der Waals surface area contributed by atoms with Gasteiger partial charge >= 0.3 is 0 Å². The van der Waals surface area contributed by atoms with Gasteiger partial charge < -0.3 is 15.2 Å². The third-order valence-electron chi connectivity index (χ3n) is 3.69. The van der Waals surface area contributed by atoms with Gasteiger partial charge in [-0.25, -0.2) is 4.98 Å². The first-order chi connectivity index (χ1) is 10.7. The first-order valence-corrected chi connectivity index (χ1v) is 7.80. The van der Waals surface area contributed by atoms with Crippen LogP contribution in [-0.2, 0) is 0 Å². The van der Waals surface area contributed by atoms with E-state index in [4.69, 9.17) is 15.2 Å². The summed E-state index contributed by atoms with van der Waals surface area (Å²) < 4.78 is 11.2. The lowest BCUT2D eigenvalue weighted by Crippen LogP contribution is -2.14. The number of nitrogens with one attached hydrogen (secondary N) is 1. The second kappa shape index (κ2) is 6.36. The Labute approximate surface area is 130 Å². The maximum Gasteiger partial charge on any atom is 0.171 e. The maximum atomic E-state index is 6.30. The lowest BCUT2D eigenvalue weighted by molar-refractivity contribution is 0.287. The lowest BCUT2D eigenvalue weighted by atomic mass is 10.1. The molecule has 0 spiro atoms. The predicted molar refractivity (Wildman–Crippen MR) is 83.2 cm³/mol. The van der Waals surface area contributed by atoms with Crippen molar-refractivity contribution in [3.63, 3.8) is 0 Å². The first-order valence-electron chi connectivity index (χ1n) is 7.80. The van der Waals surface area contributed by atoms with Crippen molar-refractivity contribution in [3.05, 3.63) is 35.4 Å². The van der Waals surface area contributed by atoms with Gasteiger partial charge in [0.05, 0.1) is 19.3 Å². The number of hydrogen-bond donors (Lipinski definition) is 2. The van der Waals surface area contributed by atoms with Gasteiger partial charge in [0.25, 0.3) is 0 Å². The van der Waals surface area contributed by atoms with Crippen molar-refractivity contribution in [3.8, 4) is 11.5 Å². The number of H-pyrrole nitrogens is 1.